The van der Waals surface area contributed by atoms with Crippen molar-refractivity contribution in [2.24, 2.45) is 0 Å². The molecule has 0 saturated heterocycles. The van der Waals surface area contributed by atoms with Gasteiger partial charge in [0.2, 0.25) is 0 Å². The van der Waals surface area contributed by atoms with Gasteiger partial charge in [0.15, 0.2) is 11.5 Å². The van der Waals surface area contributed by atoms with Crippen LogP contribution in [0.4, 0.5) is 5.69 Å². The molecule has 8 heteroatoms. The first-order chi connectivity index (χ1) is 14.9. The molecule has 1 aliphatic heterocycles. The fraction of sp³-hybridized carbons (Fsp3) is 0.217. The lowest BCUT2D eigenvalue weighted by Gasteiger charge is -2.34. The van der Waals surface area contributed by atoms with E-state index in [1.165, 1.54) is 31.7 Å². The third-order valence-corrected chi connectivity index (χ3v) is 7.05. The van der Waals surface area contributed by atoms with Gasteiger partial charge < -0.3 is 18.9 Å². The molecule has 0 bridgehead atoms. The molecular weight excluding hydrogens is 418 g/mol. The van der Waals surface area contributed by atoms with E-state index in [9.17, 15) is 8.42 Å². The topological polar surface area (TPSA) is 74.3 Å². The molecule has 0 aliphatic carbocycles. The summed E-state index contributed by atoms with van der Waals surface area (Å²) in [7, 11) is 2.12. The van der Waals surface area contributed by atoms with E-state index in [0.717, 1.165) is 5.56 Å². The summed E-state index contributed by atoms with van der Waals surface area (Å²) in [5, 5.41) is 0. The summed E-state index contributed by atoms with van der Waals surface area (Å²) in [4.78, 5) is 0.129. The molecule has 0 unspecified atom stereocenters. The first-order valence-corrected chi connectivity index (χ1v) is 11.0. The van der Waals surface area contributed by atoms with Gasteiger partial charge in [0.1, 0.15) is 17.2 Å². The van der Waals surface area contributed by atoms with Crippen LogP contribution < -0.4 is 23.3 Å². The van der Waals surface area contributed by atoms with E-state index in [2.05, 4.69) is 0 Å². The second kappa shape index (κ2) is 8.03. The summed E-state index contributed by atoms with van der Waals surface area (Å²) >= 11 is 0. The van der Waals surface area contributed by atoms with Gasteiger partial charge in [-0.3, -0.25) is 4.31 Å². The van der Waals surface area contributed by atoms with E-state index >= 15 is 0 Å². The molecule has 7 nitrogen and oxygen atoms in total. The van der Waals surface area contributed by atoms with E-state index in [1.807, 2.05) is 30.3 Å². The molecule has 31 heavy (non-hydrogen) atoms. The fourth-order valence-electron chi connectivity index (χ4n) is 3.76. The molecule has 3 aromatic carbocycles. The molecule has 0 spiro atoms. The predicted molar refractivity (Wildman–Crippen MR) is 118 cm³/mol. The van der Waals surface area contributed by atoms with Gasteiger partial charge in [-0.15, -0.1) is 0 Å². The number of hydrogen-bond acceptors (Lipinski definition) is 6. The van der Waals surface area contributed by atoms with Crippen molar-refractivity contribution >= 4 is 15.7 Å². The average Bonchev–Trinajstić information content (AvgIpc) is 2.80. The highest BCUT2D eigenvalue weighted by Crippen LogP contribution is 2.52. The van der Waals surface area contributed by atoms with Gasteiger partial charge in [0, 0.05) is 23.3 Å². The molecule has 3 aromatic rings. The lowest BCUT2D eigenvalue weighted by molar-refractivity contribution is 0.354. The minimum absolute atomic E-state index is 0.129. The maximum atomic E-state index is 13.8. The Hall–Kier alpha value is -3.39. The van der Waals surface area contributed by atoms with Crippen molar-refractivity contribution in [3.8, 4) is 34.1 Å². The molecule has 0 radical (unpaired) electrons. The van der Waals surface area contributed by atoms with Crippen molar-refractivity contribution < 1.29 is 27.4 Å². The van der Waals surface area contributed by atoms with Crippen molar-refractivity contribution in [3.63, 3.8) is 0 Å². The summed E-state index contributed by atoms with van der Waals surface area (Å²) in [5.74, 6) is 1.72. The molecule has 0 fully saturated rings. The molecule has 0 saturated carbocycles. The third kappa shape index (κ3) is 3.42. The van der Waals surface area contributed by atoms with Crippen LogP contribution in [0.2, 0.25) is 0 Å². The second-order valence-electron chi connectivity index (χ2n) is 6.93. The number of sulfonamides is 1. The Morgan fingerprint density at radius 3 is 2.00 bits per heavy atom. The van der Waals surface area contributed by atoms with Crippen molar-refractivity contribution in [1.82, 2.24) is 0 Å². The van der Waals surface area contributed by atoms with E-state index in [4.69, 9.17) is 18.9 Å². The van der Waals surface area contributed by atoms with Crippen LogP contribution in [0.15, 0.2) is 59.5 Å². The SMILES string of the molecule is COc1cc(OC)c2c(c1)-c1cc(OC)c(OC)cc1S(=O)(=O)N2Cc1ccccc1. The van der Waals surface area contributed by atoms with Gasteiger partial charge in [-0.05, 0) is 17.7 Å². The van der Waals surface area contributed by atoms with Gasteiger partial charge in [-0.25, -0.2) is 8.42 Å². The number of ether oxygens (including phenoxy) is 4. The lowest BCUT2D eigenvalue weighted by Crippen LogP contribution is -2.34. The van der Waals surface area contributed by atoms with Gasteiger partial charge in [0.05, 0.1) is 39.9 Å². The Balaban J connectivity index is 2.05. The molecular formula is C23H23NO6S. The van der Waals surface area contributed by atoms with Crippen LogP contribution in [0.5, 0.6) is 23.0 Å². The molecule has 0 aromatic heterocycles. The summed E-state index contributed by atoms with van der Waals surface area (Å²) in [5.41, 5.74) is 2.46. The van der Waals surface area contributed by atoms with E-state index < -0.39 is 10.0 Å². The molecule has 1 heterocycles. The first kappa shape index (κ1) is 20.9. The zero-order chi connectivity index (χ0) is 22.2. The van der Waals surface area contributed by atoms with Crippen LogP contribution in [0.3, 0.4) is 0 Å². The highest BCUT2D eigenvalue weighted by atomic mass is 32.2. The number of methoxy groups -OCH3 is 4. The number of benzene rings is 3. The standard InChI is InChI=1S/C23H23NO6S/c1-27-16-10-18-17-12-19(28-2)20(29-3)13-22(17)31(25,26)24(23(18)21(11-16)30-4)14-15-8-6-5-7-9-15/h5-13H,14H2,1-4H3. The van der Waals surface area contributed by atoms with Gasteiger partial charge in [-0.2, -0.15) is 0 Å². The van der Waals surface area contributed by atoms with E-state index in [1.54, 1.807) is 25.3 Å². The normalized spacial score (nSPS) is 13.7. The number of rotatable bonds is 6. The highest BCUT2D eigenvalue weighted by molar-refractivity contribution is 7.93. The molecule has 0 amide bonds. The molecule has 4 rings (SSSR count). The Bertz CT molecular complexity index is 1220. The Morgan fingerprint density at radius 2 is 1.39 bits per heavy atom. The zero-order valence-electron chi connectivity index (χ0n) is 17.7. The van der Waals surface area contributed by atoms with Crippen molar-refractivity contribution in [3.05, 3.63) is 60.2 Å². The van der Waals surface area contributed by atoms with E-state index in [-0.39, 0.29) is 11.4 Å². The Kier molecular flexibility index (Phi) is 5.41. The maximum absolute atomic E-state index is 13.8. The summed E-state index contributed by atoms with van der Waals surface area (Å²) in [6.07, 6.45) is 0. The molecule has 1 aliphatic rings. The van der Waals surface area contributed by atoms with Crippen molar-refractivity contribution in [2.75, 3.05) is 32.7 Å². The minimum Gasteiger partial charge on any atom is -0.497 e. The smallest absolute Gasteiger partial charge is 0.265 e. The largest absolute Gasteiger partial charge is 0.497 e. The lowest BCUT2D eigenvalue weighted by atomic mass is 10.0. The summed E-state index contributed by atoms with van der Waals surface area (Å²) in [6.45, 7) is 0.145. The predicted octanol–water partition coefficient (Wildman–Crippen LogP) is 4.10. The van der Waals surface area contributed by atoms with Crippen LogP contribution in [0.1, 0.15) is 5.56 Å². The number of nitrogens with zero attached hydrogens (tertiary/aromatic N) is 1. The second-order valence-corrected chi connectivity index (χ2v) is 8.76. The van der Waals surface area contributed by atoms with Crippen LogP contribution in [0, 0.1) is 0 Å². The molecule has 0 N–H and O–H groups in total. The van der Waals surface area contributed by atoms with Crippen LogP contribution in [-0.4, -0.2) is 36.9 Å². The van der Waals surface area contributed by atoms with Crippen molar-refractivity contribution in [1.29, 1.82) is 0 Å². The minimum atomic E-state index is -3.93. The van der Waals surface area contributed by atoms with Crippen LogP contribution in [0.25, 0.3) is 11.1 Å². The van der Waals surface area contributed by atoms with Gasteiger partial charge in [0.25, 0.3) is 10.0 Å². The Morgan fingerprint density at radius 1 is 0.742 bits per heavy atom. The number of anilines is 1. The van der Waals surface area contributed by atoms with Crippen LogP contribution in [-0.2, 0) is 16.6 Å². The van der Waals surface area contributed by atoms with Gasteiger partial charge >= 0.3 is 0 Å². The third-order valence-electron chi connectivity index (χ3n) is 5.27. The number of hydrogen-bond donors (Lipinski definition) is 0. The molecule has 0 atom stereocenters. The van der Waals surface area contributed by atoms with E-state index in [0.29, 0.717) is 39.8 Å². The van der Waals surface area contributed by atoms with Gasteiger partial charge in [-0.1, -0.05) is 30.3 Å². The highest BCUT2D eigenvalue weighted by Gasteiger charge is 2.39. The quantitative estimate of drug-likeness (QED) is 0.574. The average molecular weight is 442 g/mol. The monoisotopic (exact) mass is 441 g/mol. The maximum Gasteiger partial charge on any atom is 0.265 e. The molecule has 162 valence electrons. The fourth-order valence-corrected chi connectivity index (χ4v) is 5.44. The summed E-state index contributed by atoms with van der Waals surface area (Å²) in [6, 6.07) is 16.1. The zero-order valence-corrected chi connectivity index (χ0v) is 18.5. The Labute approximate surface area is 181 Å². The van der Waals surface area contributed by atoms with Crippen LogP contribution >= 0.6 is 0 Å². The number of fused-ring (bicyclic) bond motifs is 3. The van der Waals surface area contributed by atoms with Crippen molar-refractivity contribution in [2.45, 2.75) is 11.4 Å². The first-order valence-electron chi connectivity index (χ1n) is 9.53. The summed E-state index contributed by atoms with van der Waals surface area (Å²) < 4.78 is 50.8.